The van der Waals surface area contributed by atoms with Crippen LogP contribution in [0.1, 0.15) is 16.1 Å². The molecule has 0 unspecified atom stereocenters. The lowest BCUT2D eigenvalue weighted by Crippen LogP contribution is -2.12. The van der Waals surface area contributed by atoms with Gasteiger partial charge in [-0.3, -0.25) is 4.79 Å². The number of halogens is 2. The second kappa shape index (κ2) is 5.22. The lowest BCUT2D eigenvalue weighted by atomic mass is 10.1. The van der Waals surface area contributed by atoms with Gasteiger partial charge in [0.25, 0.3) is 5.91 Å². The van der Waals surface area contributed by atoms with Crippen LogP contribution < -0.4 is 5.32 Å². The van der Waals surface area contributed by atoms with Gasteiger partial charge in [-0.05, 0) is 37.3 Å². The molecule has 5 heteroatoms. The first-order chi connectivity index (χ1) is 10.1. The molecule has 2 aromatic carbocycles. The quantitative estimate of drug-likeness (QED) is 0.740. The molecular formula is C16H11ClFNO2. The van der Waals surface area contributed by atoms with Crippen molar-refractivity contribution in [1.29, 1.82) is 0 Å². The van der Waals surface area contributed by atoms with Crippen molar-refractivity contribution >= 4 is 34.2 Å². The maximum absolute atomic E-state index is 13.3. The summed E-state index contributed by atoms with van der Waals surface area (Å²) in [5.74, 6) is -0.641. The molecule has 1 aromatic heterocycles. The van der Waals surface area contributed by atoms with E-state index in [1.165, 1.54) is 18.2 Å². The highest BCUT2D eigenvalue weighted by atomic mass is 35.5. The molecular weight excluding hydrogens is 293 g/mol. The Bertz CT molecular complexity index is 841. The van der Waals surface area contributed by atoms with Gasteiger partial charge in [-0.15, -0.1) is 0 Å². The fraction of sp³-hybridized carbons (Fsp3) is 0.0625. The summed E-state index contributed by atoms with van der Waals surface area (Å²) in [6, 6.07) is 11.1. The lowest BCUT2D eigenvalue weighted by molar-refractivity contribution is 0.0998. The molecule has 3 aromatic rings. The van der Waals surface area contributed by atoms with Gasteiger partial charge in [0.15, 0.2) is 5.76 Å². The Morgan fingerprint density at radius 3 is 2.76 bits per heavy atom. The lowest BCUT2D eigenvalue weighted by Gasteiger charge is -2.05. The van der Waals surface area contributed by atoms with Gasteiger partial charge >= 0.3 is 0 Å². The molecule has 3 nitrogen and oxygen atoms in total. The molecule has 0 spiro atoms. The zero-order chi connectivity index (χ0) is 15.0. The molecule has 1 N–H and O–H groups in total. The van der Waals surface area contributed by atoms with E-state index in [4.69, 9.17) is 16.0 Å². The number of anilines is 1. The molecule has 0 bridgehead atoms. The first-order valence-electron chi connectivity index (χ1n) is 6.31. The summed E-state index contributed by atoms with van der Waals surface area (Å²) in [6.07, 6.45) is 0. The minimum Gasteiger partial charge on any atom is -0.451 e. The molecule has 1 amide bonds. The molecule has 0 aliphatic rings. The van der Waals surface area contributed by atoms with Crippen LogP contribution in [0.2, 0.25) is 5.02 Å². The van der Waals surface area contributed by atoms with Crippen LogP contribution in [0, 0.1) is 12.7 Å². The third-order valence-electron chi connectivity index (χ3n) is 3.23. The molecule has 21 heavy (non-hydrogen) atoms. The van der Waals surface area contributed by atoms with Crippen LogP contribution in [0.3, 0.4) is 0 Å². The molecule has 0 aliphatic carbocycles. The van der Waals surface area contributed by atoms with Gasteiger partial charge < -0.3 is 9.73 Å². The average Bonchev–Trinajstić information content (AvgIpc) is 2.79. The highest BCUT2D eigenvalue weighted by Gasteiger charge is 2.18. The van der Waals surface area contributed by atoms with Gasteiger partial charge in [-0.25, -0.2) is 4.39 Å². The standard InChI is InChI=1S/C16H11ClFNO2/c1-9-11-8-10(18)6-7-14(11)21-15(9)16(20)19-13-5-3-2-4-12(13)17/h2-8H,1H3,(H,19,20). The molecule has 0 saturated heterocycles. The topological polar surface area (TPSA) is 42.2 Å². The Labute approximate surface area is 125 Å². The second-order valence-corrected chi connectivity index (χ2v) is 5.04. The minimum atomic E-state index is -0.419. The molecule has 0 saturated carbocycles. The zero-order valence-corrected chi connectivity index (χ0v) is 11.9. The summed E-state index contributed by atoms with van der Waals surface area (Å²) in [7, 11) is 0. The van der Waals surface area contributed by atoms with Crippen LogP contribution in [-0.2, 0) is 0 Å². The number of hydrogen-bond acceptors (Lipinski definition) is 2. The van der Waals surface area contributed by atoms with E-state index < -0.39 is 5.91 Å². The van der Waals surface area contributed by atoms with E-state index in [9.17, 15) is 9.18 Å². The fourth-order valence-electron chi connectivity index (χ4n) is 2.15. The predicted octanol–water partition coefficient (Wildman–Crippen LogP) is 4.79. The molecule has 0 aliphatic heterocycles. The summed E-state index contributed by atoms with van der Waals surface area (Å²) in [6.45, 7) is 1.72. The summed E-state index contributed by atoms with van der Waals surface area (Å²) in [4.78, 5) is 12.3. The number of rotatable bonds is 2. The monoisotopic (exact) mass is 303 g/mol. The van der Waals surface area contributed by atoms with Gasteiger partial charge in [-0.1, -0.05) is 23.7 Å². The Morgan fingerprint density at radius 2 is 2.00 bits per heavy atom. The number of aryl methyl sites for hydroxylation is 1. The summed E-state index contributed by atoms with van der Waals surface area (Å²) in [5.41, 5.74) is 1.56. The predicted molar refractivity (Wildman–Crippen MR) is 80.3 cm³/mol. The molecule has 0 radical (unpaired) electrons. The van der Waals surface area contributed by atoms with Gasteiger partial charge in [0.2, 0.25) is 0 Å². The van der Waals surface area contributed by atoms with Crippen LogP contribution in [-0.4, -0.2) is 5.91 Å². The number of amides is 1. The number of benzene rings is 2. The van der Waals surface area contributed by atoms with E-state index >= 15 is 0 Å². The van der Waals surface area contributed by atoms with Crippen LogP contribution >= 0.6 is 11.6 Å². The zero-order valence-electron chi connectivity index (χ0n) is 11.1. The number of fused-ring (bicyclic) bond motifs is 1. The Hall–Kier alpha value is -2.33. The number of carbonyl (C=O) groups is 1. The largest absolute Gasteiger partial charge is 0.451 e. The summed E-state index contributed by atoms with van der Waals surface area (Å²) >= 11 is 6.00. The highest BCUT2D eigenvalue weighted by Crippen LogP contribution is 2.27. The fourth-order valence-corrected chi connectivity index (χ4v) is 2.33. The highest BCUT2D eigenvalue weighted by molar-refractivity contribution is 6.33. The third-order valence-corrected chi connectivity index (χ3v) is 3.56. The Balaban J connectivity index is 1.99. The second-order valence-electron chi connectivity index (χ2n) is 4.63. The molecule has 0 atom stereocenters. The van der Waals surface area contributed by atoms with E-state index in [1.807, 2.05) is 0 Å². The number of carbonyl (C=O) groups excluding carboxylic acids is 1. The van der Waals surface area contributed by atoms with Crippen molar-refractivity contribution in [3.8, 4) is 0 Å². The molecule has 1 heterocycles. The van der Waals surface area contributed by atoms with Gasteiger partial charge in [-0.2, -0.15) is 0 Å². The Kier molecular flexibility index (Phi) is 3.39. The summed E-state index contributed by atoms with van der Waals surface area (Å²) < 4.78 is 18.8. The van der Waals surface area contributed by atoms with Gasteiger partial charge in [0.1, 0.15) is 11.4 Å². The first-order valence-corrected chi connectivity index (χ1v) is 6.68. The third kappa shape index (κ3) is 2.50. The van der Waals surface area contributed by atoms with Crippen molar-refractivity contribution in [3.63, 3.8) is 0 Å². The molecule has 3 rings (SSSR count). The van der Waals surface area contributed by atoms with Crippen molar-refractivity contribution in [2.45, 2.75) is 6.92 Å². The van der Waals surface area contributed by atoms with Crippen molar-refractivity contribution in [3.05, 3.63) is 64.6 Å². The van der Waals surface area contributed by atoms with Crippen molar-refractivity contribution in [2.75, 3.05) is 5.32 Å². The van der Waals surface area contributed by atoms with Crippen LogP contribution in [0.15, 0.2) is 46.9 Å². The number of para-hydroxylation sites is 1. The van der Waals surface area contributed by atoms with E-state index in [0.717, 1.165) is 0 Å². The normalized spacial score (nSPS) is 10.8. The van der Waals surface area contributed by atoms with Gasteiger partial charge in [0.05, 0.1) is 10.7 Å². The average molecular weight is 304 g/mol. The number of hydrogen-bond donors (Lipinski definition) is 1. The number of nitrogens with one attached hydrogen (secondary N) is 1. The van der Waals surface area contributed by atoms with E-state index in [1.54, 1.807) is 31.2 Å². The first kappa shape index (κ1) is 13.6. The number of furan rings is 1. The van der Waals surface area contributed by atoms with Crippen molar-refractivity contribution in [1.82, 2.24) is 0 Å². The van der Waals surface area contributed by atoms with Crippen LogP contribution in [0.5, 0.6) is 0 Å². The maximum Gasteiger partial charge on any atom is 0.291 e. The van der Waals surface area contributed by atoms with Crippen molar-refractivity contribution < 1.29 is 13.6 Å². The minimum absolute atomic E-state index is 0.149. The van der Waals surface area contributed by atoms with Crippen LogP contribution in [0.4, 0.5) is 10.1 Å². The van der Waals surface area contributed by atoms with E-state index in [2.05, 4.69) is 5.32 Å². The SMILES string of the molecule is Cc1c(C(=O)Nc2ccccc2Cl)oc2ccc(F)cc12. The smallest absolute Gasteiger partial charge is 0.291 e. The van der Waals surface area contributed by atoms with Gasteiger partial charge in [0, 0.05) is 10.9 Å². The summed E-state index contributed by atoms with van der Waals surface area (Å²) in [5, 5.41) is 3.70. The maximum atomic E-state index is 13.3. The Morgan fingerprint density at radius 1 is 1.24 bits per heavy atom. The molecule has 0 fully saturated rings. The van der Waals surface area contributed by atoms with E-state index in [-0.39, 0.29) is 11.6 Å². The van der Waals surface area contributed by atoms with Crippen LogP contribution in [0.25, 0.3) is 11.0 Å². The van der Waals surface area contributed by atoms with E-state index in [0.29, 0.717) is 27.2 Å². The van der Waals surface area contributed by atoms with Crippen molar-refractivity contribution in [2.24, 2.45) is 0 Å². The molecule has 106 valence electrons.